The first kappa shape index (κ1) is 33.2. The van der Waals surface area contributed by atoms with Gasteiger partial charge in [0.2, 0.25) is 0 Å². The summed E-state index contributed by atoms with van der Waals surface area (Å²) in [6, 6.07) is 70.2. The van der Waals surface area contributed by atoms with E-state index in [2.05, 4.69) is 190 Å². The minimum atomic E-state index is -0.141. The molecule has 1 aliphatic rings. The van der Waals surface area contributed by atoms with Gasteiger partial charge in [-0.2, -0.15) is 0 Å². The number of fused-ring (bicyclic) bond motifs is 7. The van der Waals surface area contributed by atoms with E-state index in [9.17, 15) is 0 Å². The molecule has 0 aliphatic heterocycles. The molecular weight excluding hydrogens is 689 g/mol. The van der Waals surface area contributed by atoms with E-state index in [1.54, 1.807) is 0 Å². The van der Waals surface area contributed by atoms with Crippen molar-refractivity contribution in [3.05, 3.63) is 205 Å². The number of nitrogens with zero attached hydrogens (tertiary/aromatic N) is 2. The molecule has 0 radical (unpaired) electrons. The molecule has 10 aromatic rings. The lowest BCUT2D eigenvalue weighted by Gasteiger charge is -2.25. The summed E-state index contributed by atoms with van der Waals surface area (Å²) < 4.78 is 0. The highest BCUT2D eigenvalue weighted by Gasteiger charge is 2.38. The second-order valence-electron chi connectivity index (χ2n) is 15.7. The van der Waals surface area contributed by atoms with Gasteiger partial charge in [-0.1, -0.05) is 190 Å². The number of hydrogen-bond acceptors (Lipinski definition) is 2. The lowest BCUT2D eigenvalue weighted by Crippen LogP contribution is -2.16. The fourth-order valence-electron chi connectivity index (χ4n) is 9.32. The lowest BCUT2D eigenvalue weighted by molar-refractivity contribution is 0.662. The van der Waals surface area contributed by atoms with E-state index in [-0.39, 0.29) is 5.41 Å². The molecule has 57 heavy (non-hydrogen) atoms. The van der Waals surface area contributed by atoms with Crippen molar-refractivity contribution in [3.8, 4) is 67.3 Å². The molecule has 9 aromatic carbocycles. The zero-order chi connectivity index (χ0) is 38.1. The molecule has 0 atom stereocenters. The van der Waals surface area contributed by atoms with Crippen molar-refractivity contribution in [1.29, 1.82) is 0 Å². The Kier molecular flexibility index (Phi) is 7.55. The van der Waals surface area contributed by atoms with Crippen LogP contribution in [0.25, 0.3) is 99.6 Å². The molecule has 1 aliphatic carbocycles. The summed E-state index contributed by atoms with van der Waals surface area (Å²) >= 11 is 0. The number of rotatable bonds is 5. The van der Waals surface area contributed by atoms with E-state index >= 15 is 0 Å². The Morgan fingerprint density at radius 1 is 0.351 bits per heavy atom. The molecule has 0 bridgehead atoms. The zero-order valence-electron chi connectivity index (χ0n) is 31.9. The fraction of sp³-hybridized carbons (Fsp3) is 0.0545. The van der Waals surface area contributed by atoms with Gasteiger partial charge in [0, 0.05) is 22.1 Å². The van der Waals surface area contributed by atoms with E-state index in [1.165, 1.54) is 71.4 Å². The average molecular weight is 727 g/mol. The van der Waals surface area contributed by atoms with Crippen LogP contribution in [0.2, 0.25) is 0 Å². The molecule has 2 nitrogen and oxygen atoms in total. The predicted octanol–water partition coefficient (Wildman–Crippen LogP) is 14.6. The van der Waals surface area contributed by atoms with Gasteiger partial charge in [-0.05, 0) is 95.0 Å². The molecule has 268 valence electrons. The Hall–Kier alpha value is -7.16. The molecule has 0 fully saturated rings. The molecule has 11 rings (SSSR count). The van der Waals surface area contributed by atoms with Gasteiger partial charge in [0.05, 0.1) is 11.4 Å². The molecule has 0 saturated heterocycles. The largest absolute Gasteiger partial charge is 0.228 e. The normalized spacial score (nSPS) is 12.9. The SMILES string of the molecule is CC1(C)c2ccc3ccccc3c2-c2cccc(-c3cccc(-c4ccc(-c5cc(-c6ccc7ccccc7c6)nc(-c6ccccc6)n5)c5ccccc45)c3)c21. The highest BCUT2D eigenvalue weighted by Crippen LogP contribution is 2.54. The second-order valence-corrected chi connectivity index (χ2v) is 15.7. The zero-order valence-corrected chi connectivity index (χ0v) is 31.9. The fourth-order valence-corrected chi connectivity index (χ4v) is 9.32. The molecule has 0 saturated carbocycles. The summed E-state index contributed by atoms with van der Waals surface area (Å²) in [6.07, 6.45) is 0. The van der Waals surface area contributed by atoms with Crippen LogP contribution in [-0.2, 0) is 5.41 Å². The third kappa shape index (κ3) is 5.40. The van der Waals surface area contributed by atoms with Crippen molar-refractivity contribution in [1.82, 2.24) is 9.97 Å². The molecule has 0 unspecified atom stereocenters. The Morgan fingerprint density at radius 3 is 1.77 bits per heavy atom. The summed E-state index contributed by atoms with van der Waals surface area (Å²) in [5.74, 6) is 0.714. The van der Waals surface area contributed by atoms with E-state index in [0.29, 0.717) is 5.82 Å². The van der Waals surface area contributed by atoms with Gasteiger partial charge < -0.3 is 0 Å². The van der Waals surface area contributed by atoms with E-state index < -0.39 is 0 Å². The van der Waals surface area contributed by atoms with Gasteiger partial charge >= 0.3 is 0 Å². The summed E-state index contributed by atoms with van der Waals surface area (Å²) in [7, 11) is 0. The molecule has 0 N–H and O–H groups in total. The van der Waals surface area contributed by atoms with Crippen molar-refractivity contribution >= 4 is 32.3 Å². The summed E-state index contributed by atoms with van der Waals surface area (Å²) in [4.78, 5) is 10.4. The standard InChI is InChI=1S/C55H38N2/c1-55(2)49-31-28-36-15-8-9-21-43(36)52(49)48-25-13-24-44(53(48)55)40-20-12-19-39(33-40)42-29-30-47(46-23-11-10-22-45(42)46)51-34-50(56-54(57-51)37-16-4-3-5-17-37)41-27-26-35-14-6-7-18-38(35)32-41/h3-34H,1-2H3. The van der Waals surface area contributed by atoms with Crippen LogP contribution < -0.4 is 0 Å². The minimum absolute atomic E-state index is 0.141. The molecule has 1 heterocycles. The maximum absolute atomic E-state index is 5.24. The van der Waals surface area contributed by atoms with Gasteiger partial charge in [0.15, 0.2) is 5.82 Å². The number of aromatic nitrogens is 2. The summed E-state index contributed by atoms with van der Waals surface area (Å²) in [6.45, 7) is 4.77. The van der Waals surface area contributed by atoms with Crippen LogP contribution in [-0.4, -0.2) is 9.97 Å². The van der Waals surface area contributed by atoms with Crippen molar-refractivity contribution in [2.24, 2.45) is 0 Å². The monoisotopic (exact) mass is 726 g/mol. The number of benzene rings is 9. The molecule has 0 spiro atoms. The van der Waals surface area contributed by atoms with Crippen LogP contribution in [0.5, 0.6) is 0 Å². The van der Waals surface area contributed by atoms with Crippen LogP contribution in [0.3, 0.4) is 0 Å². The molecular formula is C55H38N2. The minimum Gasteiger partial charge on any atom is -0.228 e. The van der Waals surface area contributed by atoms with Gasteiger partial charge in [-0.25, -0.2) is 9.97 Å². The molecule has 1 aromatic heterocycles. The van der Waals surface area contributed by atoms with Crippen molar-refractivity contribution in [2.45, 2.75) is 19.3 Å². The third-order valence-corrected chi connectivity index (χ3v) is 12.0. The van der Waals surface area contributed by atoms with Gasteiger partial charge in [0.25, 0.3) is 0 Å². The van der Waals surface area contributed by atoms with Gasteiger partial charge in [-0.3, -0.25) is 0 Å². The Morgan fingerprint density at radius 2 is 0.947 bits per heavy atom. The van der Waals surface area contributed by atoms with E-state index in [0.717, 1.165) is 33.5 Å². The predicted molar refractivity (Wildman–Crippen MR) is 239 cm³/mol. The van der Waals surface area contributed by atoms with Crippen molar-refractivity contribution in [3.63, 3.8) is 0 Å². The lowest BCUT2D eigenvalue weighted by atomic mass is 9.78. The first-order valence-corrected chi connectivity index (χ1v) is 19.7. The summed E-state index contributed by atoms with van der Waals surface area (Å²) in [5, 5.41) is 7.36. The maximum atomic E-state index is 5.24. The van der Waals surface area contributed by atoms with Crippen LogP contribution in [0.1, 0.15) is 25.0 Å². The van der Waals surface area contributed by atoms with Crippen LogP contribution >= 0.6 is 0 Å². The quantitative estimate of drug-likeness (QED) is 0.176. The Bertz CT molecular complexity index is 3210. The Labute approximate surface area is 332 Å². The van der Waals surface area contributed by atoms with Crippen LogP contribution in [0, 0.1) is 0 Å². The third-order valence-electron chi connectivity index (χ3n) is 12.0. The highest BCUT2D eigenvalue weighted by atomic mass is 14.9. The first-order chi connectivity index (χ1) is 28.0. The van der Waals surface area contributed by atoms with Crippen molar-refractivity contribution in [2.75, 3.05) is 0 Å². The van der Waals surface area contributed by atoms with E-state index in [4.69, 9.17) is 9.97 Å². The first-order valence-electron chi connectivity index (χ1n) is 19.7. The Balaban J connectivity index is 1.05. The average Bonchev–Trinajstić information content (AvgIpc) is 3.52. The topological polar surface area (TPSA) is 25.8 Å². The smallest absolute Gasteiger partial charge is 0.160 e. The van der Waals surface area contributed by atoms with Gasteiger partial charge in [0.1, 0.15) is 0 Å². The highest BCUT2D eigenvalue weighted by molar-refractivity contribution is 6.06. The summed E-state index contributed by atoms with van der Waals surface area (Å²) in [5.41, 5.74) is 15.2. The van der Waals surface area contributed by atoms with Crippen molar-refractivity contribution < 1.29 is 0 Å². The van der Waals surface area contributed by atoms with Crippen LogP contribution in [0.15, 0.2) is 194 Å². The van der Waals surface area contributed by atoms with E-state index in [1.807, 2.05) is 18.2 Å². The number of hydrogen-bond donors (Lipinski definition) is 0. The molecule has 2 heteroatoms. The second kappa shape index (κ2) is 13.0. The maximum Gasteiger partial charge on any atom is 0.160 e. The van der Waals surface area contributed by atoms with Crippen LogP contribution in [0.4, 0.5) is 0 Å². The van der Waals surface area contributed by atoms with Gasteiger partial charge in [-0.15, -0.1) is 0 Å². The molecule has 0 amide bonds.